The summed E-state index contributed by atoms with van der Waals surface area (Å²) < 4.78 is 16.5. The van der Waals surface area contributed by atoms with E-state index >= 15 is 0 Å². The first-order chi connectivity index (χ1) is 13.2. The second-order valence-corrected chi connectivity index (χ2v) is 6.23. The second kappa shape index (κ2) is 7.42. The molecule has 4 aromatic rings. The van der Waals surface area contributed by atoms with Gasteiger partial charge >= 0.3 is 0 Å². The first-order valence-electron chi connectivity index (χ1n) is 8.75. The lowest BCUT2D eigenvalue weighted by molar-refractivity contribution is 0.415. The van der Waals surface area contributed by atoms with Crippen LogP contribution in [0.3, 0.4) is 0 Å². The smallest absolute Gasteiger partial charge is 0.128 e. The highest BCUT2D eigenvalue weighted by molar-refractivity contribution is 5.85. The predicted molar refractivity (Wildman–Crippen MR) is 109 cm³/mol. The molecule has 27 heavy (non-hydrogen) atoms. The molecule has 0 aliphatic carbocycles. The lowest BCUT2D eigenvalue weighted by Crippen LogP contribution is -1.86. The Morgan fingerprint density at radius 3 is 1.44 bits per heavy atom. The van der Waals surface area contributed by atoms with Gasteiger partial charge in [0.2, 0.25) is 0 Å². The molecule has 0 aromatic heterocycles. The van der Waals surface area contributed by atoms with Crippen LogP contribution < -0.4 is 14.2 Å². The Morgan fingerprint density at radius 1 is 0.444 bits per heavy atom. The van der Waals surface area contributed by atoms with Gasteiger partial charge in [-0.05, 0) is 70.4 Å². The van der Waals surface area contributed by atoms with Gasteiger partial charge in [0.1, 0.15) is 23.0 Å². The van der Waals surface area contributed by atoms with E-state index in [-0.39, 0.29) is 0 Å². The van der Waals surface area contributed by atoms with Crippen LogP contribution in [0.4, 0.5) is 0 Å². The van der Waals surface area contributed by atoms with Gasteiger partial charge in [-0.3, -0.25) is 0 Å². The van der Waals surface area contributed by atoms with E-state index < -0.39 is 0 Å². The van der Waals surface area contributed by atoms with E-state index in [4.69, 9.17) is 14.2 Å². The van der Waals surface area contributed by atoms with Gasteiger partial charge in [0, 0.05) is 0 Å². The summed E-state index contributed by atoms with van der Waals surface area (Å²) in [6.07, 6.45) is 0. The molecule has 0 aliphatic rings. The molecule has 0 saturated heterocycles. The molecule has 0 N–H and O–H groups in total. The normalized spacial score (nSPS) is 10.6. The average Bonchev–Trinajstić information content (AvgIpc) is 2.74. The van der Waals surface area contributed by atoms with Gasteiger partial charge < -0.3 is 14.2 Å². The van der Waals surface area contributed by atoms with Crippen molar-refractivity contribution in [1.29, 1.82) is 0 Å². The molecule has 0 radical (unpaired) electrons. The minimum Gasteiger partial charge on any atom is -0.497 e. The fourth-order valence-corrected chi connectivity index (χ4v) is 3.03. The van der Waals surface area contributed by atoms with E-state index in [0.717, 1.165) is 44.9 Å². The minimum atomic E-state index is 0.806. The highest BCUT2D eigenvalue weighted by atomic mass is 16.5. The van der Waals surface area contributed by atoms with Gasteiger partial charge in [0.25, 0.3) is 0 Å². The third-order valence-corrected chi connectivity index (χ3v) is 4.53. The summed E-state index contributed by atoms with van der Waals surface area (Å²) in [5, 5.41) is 2.24. The Morgan fingerprint density at radius 2 is 0.889 bits per heavy atom. The molecule has 0 atom stereocenters. The molecule has 3 heteroatoms. The summed E-state index contributed by atoms with van der Waals surface area (Å²) in [6.45, 7) is 0. The van der Waals surface area contributed by atoms with E-state index in [1.54, 1.807) is 14.2 Å². The van der Waals surface area contributed by atoms with Crippen molar-refractivity contribution in [1.82, 2.24) is 0 Å². The number of hydrogen-bond donors (Lipinski definition) is 0. The van der Waals surface area contributed by atoms with Gasteiger partial charge in [-0.2, -0.15) is 0 Å². The Kier molecular flexibility index (Phi) is 4.67. The molecular formula is C24H20O3. The topological polar surface area (TPSA) is 27.7 Å². The first-order valence-corrected chi connectivity index (χ1v) is 8.75. The zero-order valence-corrected chi connectivity index (χ0v) is 15.3. The maximum atomic E-state index is 6.02. The maximum absolute atomic E-state index is 6.02. The summed E-state index contributed by atoms with van der Waals surface area (Å²) in [5.74, 6) is 3.32. The molecule has 0 bridgehead atoms. The molecule has 0 saturated carbocycles. The van der Waals surface area contributed by atoms with Crippen molar-refractivity contribution >= 4 is 10.8 Å². The van der Waals surface area contributed by atoms with E-state index in [0.29, 0.717) is 0 Å². The quantitative estimate of drug-likeness (QED) is 0.419. The van der Waals surface area contributed by atoms with Crippen molar-refractivity contribution in [2.24, 2.45) is 0 Å². The van der Waals surface area contributed by atoms with Crippen LogP contribution in [0, 0.1) is 0 Å². The number of benzene rings is 4. The first kappa shape index (κ1) is 17.0. The van der Waals surface area contributed by atoms with Crippen LogP contribution in [0.1, 0.15) is 0 Å². The molecule has 134 valence electrons. The van der Waals surface area contributed by atoms with E-state index in [1.165, 1.54) is 0 Å². The highest BCUT2D eigenvalue weighted by Gasteiger charge is 2.03. The zero-order chi connectivity index (χ0) is 18.6. The molecule has 0 heterocycles. The lowest BCUT2D eigenvalue weighted by atomic mass is 10.1. The SMILES string of the molecule is COc1ccc(-c2ccc(Oc3ccc4cc(OC)ccc4c3)cc2)cc1. The van der Waals surface area contributed by atoms with Crippen molar-refractivity contribution in [3.63, 3.8) is 0 Å². The lowest BCUT2D eigenvalue weighted by Gasteiger charge is -2.09. The number of rotatable bonds is 5. The van der Waals surface area contributed by atoms with Gasteiger partial charge in [-0.25, -0.2) is 0 Å². The van der Waals surface area contributed by atoms with Crippen molar-refractivity contribution in [2.75, 3.05) is 14.2 Å². The van der Waals surface area contributed by atoms with Crippen molar-refractivity contribution < 1.29 is 14.2 Å². The summed E-state index contributed by atoms with van der Waals surface area (Å²) >= 11 is 0. The summed E-state index contributed by atoms with van der Waals surface area (Å²) in [5.41, 5.74) is 2.28. The fraction of sp³-hybridized carbons (Fsp3) is 0.0833. The molecule has 3 nitrogen and oxygen atoms in total. The van der Waals surface area contributed by atoms with Crippen LogP contribution in [0.5, 0.6) is 23.0 Å². The molecule has 0 spiro atoms. The van der Waals surface area contributed by atoms with Crippen molar-refractivity contribution in [3.8, 4) is 34.1 Å². The Labute approximate surface area is 158 Å². The average molecular weight is 356 g/mol. The third-order valence-electron chi connectivity index (χ3n) is 4.53. The van der Waals surface area contributed by atoms with E-state index in [2.05, 4.69) is 12.1 Å². The van der Waals surface area contributed by atoms with Crippen molar-refractivity contribution in [3.05, 3.63) is 84.9 Å². The molecule has 0 fully saturated rings. The summed E-state index contributed by atoms with van der Waals surface area (Å²) in [6, 6.07) is 28.2. The van der Waals surface area contributed by atoms with Crippen LogP contribution in [-0.4, -0.2) is 14.2 Å². The predicted octanol–water partition coefficient (Wildman–Crippen LogP) is 6.32. The van der Waals surface area contributed by atoms with Crippen LogP contribution in [0.2, 0.25) is 0 Å². The van der Waals surface area contributed by atoms with Crippen LogP contribution in [0.15, 0.2) is 84.9 Å². The van der Waals surface area contributed by atoms with Gasteiger partial charge in [0.05, 0.1) is 14.2 Å². The number of hydrogen-bond acceptors (Lipinski definition) is 3. The zero-order valence-electron chi connectivity index (χ0n) is 15.3. The van der Waals surface area contributed by atoms with E-state index in [9.17, 15) is 0 Å². The van der Waals surface area contributed by atoms with E-state index in [1.807, 2.05) is 72.8 Å². The summed E-state index contributed by atoms with van der Waals surface area (Å²) in [4.78, 5) is 0. The highest BCUT2D eigenvalue weighted by Crippen LogP contribution is 2.30. The largest absolute Gasteiger partial charge is 0.497 e. The number of ether oxygens (including phenoxy) is 3. The Bertz CT molecular complexity index is 1050. The Balaban J connectivity index is 1.53. The van der Waals surface area contributed by atoms with Gasteiger partial charge in [0.15, 0.2) is 0 Å². The second-order valence-electron chi connectivity index (χ2n) is 6.23. The monoisotopic (exact) mass is 356 g/mol. The van der Waals surface area contributed by atoms with Crippen LogP contribution in [0.25, 0.3) is 21.9 Å². The molecule has 4 rings (SSSR count). The van der Waals surface area contributed by atoms with Crippen molar-refractivity contribution in [2.45, 2.75) is 0 Å². The third kappa shape index (κ3) is 3.72. The molecule has 0 unspecified atom stereocenters. The van der Waals surface area contributed by atoms with Crippen LogP contribution in [-0.2, 0) is 0 Å². The van der Waals surface area contributed by atoms with Crippen LogP contribution >= 0.6 is 0 Å². The Hall–Kier alpha value is -3.46. The minimum absolute atomic E-state index is 0.806. The maximum Gasteiger partial charge on any atom is 0.128 e. The standard InChI is InChI=1S/C24H20O3/c1-25-21-9-3-17(4-10-21)18-5-11-22(12-6-18)27-24-14-8-19-15-23(26-2)13-7-20(19)16-24/h3-16H,1-2H3. The number of fused-ring (bicyclic) bond motifs is 1. The molecule has 0 amide bonds. The fourth-order valence-electron chi connectivity index (χ4n) is 3.03. The molecule has 4 aromatic carbocycles. The molecular weight excluding hydrogens is 336 g/mol. The molecule has 0 aliphatic heterocycles. The van der Waals surface area contributed by atoms with Gasteiger partial charge in [-0.15, -0.1) is 0 Å². The van der Waals surface area contributed by atoms with Gasteiger partial charge in [-0.1, -0.05) is 36.4 Å². The number of methoxy groups -OCH3 is 2. The summed E-state index contributed by atoms with van der Waals surface area (Å²) in [7, 11) is 3.35.